The quantitative estimate of drug-likeness (QED) is 0.636. The van der Waals surface area contributed by atoms with Crippen LogP contribution in [0.2, 0.25) is 0 Å². The lowest BCUT2D eigenvalue weighted by Gasteiger charge is -2.25. The van der Waals surface area contributed by atoms with Crippen LogP contribution >= 0.6 is 11.3 Å². The lowest BCUT2D eigenvalue weighted by Crippen LogP contribution is -2.44. The molecule has 0 aliphatic carbocycles. The van der Waals surface area contributed by atoms with Gasteiger partial charge in [-0.05, 0) is 46.8 Å². The predicted molar refractivity (Wildman–Crippen MR) is 118 cm³/mol. The number of benzene rings is 2. The lowest BCUT2D eigenvalue weighted by atomic mass is 10.0. The molecule has 0 saturated carbocycles. The Morgan fingerprint density at radius 3 is 2.77 bits per heavy atom. The Balaban J connectivity index is 1.44. The van der Waals surface area contributed by atoms with Crippen molar-refractivity contribution in [3.8, 4) is 22.6 Å². The van der Waals surface area contributed by atoms with Crippen LogP contribution in [0.15, 0.2) is 60.0 Å². The number of likely N-dealkylation sites (N-methyl/N-ethyl adjacent to an activating group) is 1. The Bertz CT molecular complexity index is 1070. The molecule has 1 saturated heterocycles. The van der Waals surface area contributed by atoms with E-state index in [1.807, 2.05) is 54.4 Å². The zero-order valence-corrected chi connectivity index (χ0v) is 17.9. The molecule has 2 atom stereocenters. The van der Waals surface area contributed by atoms with Gasteiger partial charge in [0.2, 0.25) is 0 Å². The highest BCUT2D eigenvalue weighted by Crippen LogP contribution is 2.35. The summed E-state index contributed by atoms with van der Waals surface area (Å²) < 4.78 is 11.8. The Hall–Kier alpha value is -2.83. The van der Waals surface area contributed by atoms with Gasteiger partial charge in [-0.2, -0.15) is 0 Å². The normalized spacial score (nSPS) is 21.0. The van der Waals surface area contributed by atoms with Crippen molar-refractivity contribution in [2.45, 2.75) is 18.7 Å². The molecule has 2 aromatic carbocycles. The second-order valence-corrected chi connectivity index (χ2v) is 8.89. The first-order chi connectivity index (χ1) is 14.6. The van der Waals surface area contributed by atoms with Crippen LogP contribution < -0.4 is 9.47 Å². The molecule has 2 aliphatic heterocycles. The fourth-order valence-electron chi connectivity index (χ4n) is 4.35. The van der Waals surface area contributed by atoms with E-state index in [2.05, 4.69) is 22.4 Å². The minimum Gasteiger partial charge on any atom is -0.497 e. The number of hydrogen-bond acceptors (Lipinski definition) is 5. The summed E-state index contributed by atoms with van der Waals surface area (Å²) in [6.07, 6.45) is -0.0410. The van der Waals surface area contributed by atoms with E-state index in [0.29, 0.717) is 11.3 Å². The highest BCUT2D eigenvalue weighted by Gasteiger charge is 2.42. The number of fused-ring (bicyclic) bond motifs is 2. The summed E-state index contributed by atoms with van der Waals surface area (Å²) in [4.78, 5) is 18.7. The van der Waals surface area contributed by atoms with Crippen molar-refractivity contribution < 1.29 is 14.3 Å². The average molecular weight is 421 g/mol. The number of nitrogens with zero attached hydrogens (tertiary/aromatic N) is 2. The molecule has 3 aromatic rings. The van der Waals surface area contributed by atoms with E-state index < -0.39 is 0 Å². The maximum absolute atomic E-state index is 13.2. The number of ether oxygens (including phenoxy) is 2. The van der Waals surface area contributed by atoms with Crippen LogP contribution in [0.25, 0.3) is 11.1 Å². The largest absolute Gasteiger partial charge is 0.497 e. The SMILES string of the molecule is COc1cccc(-c2ccc3c(c2)O[C@H]2CN(Cc4cccs4)C[C@H]2N(C)C3=O)c1. The molecule has 0 spiro atoms. The van der Waals surface area contributed by atoms with Gasteiger partial charge in [0.15, 0.2) is 0 Å². The Morgan fingerprint density at radius 2 is 1.97 bits per heavy atom. The van der Waals surface area contributed by atoms with E-state index in [-0.39, 0.29) is 18.1 Å². The van der Waals surface area contributed by atoms with Crippen molar-refractivity contribution in [2.24, 2.45) is 0 Å². The van der Waals surface area contributed by atoms with Crippen molar-refractivity contribution >= 4 is 17.2 Å². The van der Waals surface area contributed by atoms with E-state index >= 15 is 0 Å². The highest BCUT2D eigenvalue weighted by atomic mass is 32.1. The highest BCUT2D eigenvalue weighted by molar-refractivity contribution is 7.09. The van der Waals surface area contributed by atoms with Gasteiger partial charge in [-0.15, -0.1) is 11.3 Å². The number of rotatable bonds is 4. The third-order valence-corrected chi connectivity index (χ3v) is 6.84. The van der Waals surface area contributed by atoms with E-state index in [4.69, 9.17) is 9.47 Å². The molecular weight excluding hydrogens is 396 g/mol. The topological polar surface area (TPSA) is 42.0 Å². The second kappa shape index (κ2) is 7.78. The number of hydrogen-bond donors (Lipinski definition) is 0. The van der Waals surface area contributed by atoms with Gasteiger partial charge in [0.05, 0.1) is 18.7 Å². The molecule has 154 valence electrons. The van der Waals surface area contributed by atoms with Crippen LogP contribution in [0.3, 0.4) is 0 Å². The van der Waals surface area contributed by atoms with Crippen molar-refractivity contribution in [2.75, 3.05) is 27.2 Å². The molecule has 0 unspecified atom stereocenters. The maximum atomic E-state index is 13.2. The standard InChI is InChI=1S/C24H24N2O3S/c1-25-21-14-26(13-19-7-4-10-30-19)15-23(21)29-22-12-17(8-9-20(22)24(25)27)16-5-3-6-18(11-16)28-2/h3-12,21,23H,13-15H2,1-2H3/t21-,23+/m1/s1. The molecule has 0 bridgehead atoms. The molecule has 2 aliphatic rings. The Labute approximate surface area is 180 Å². The average Bonchev–Trinajstić information content (AvgIpc) is 3.41. The van der Waals surface area contributed by atoms with E-state index in [1.54, 1.807) is 18.4 Å². The lowest BCUT2D eigenvalue weighted by molar-refractivity contribution is 0.0682. The van der Waals surface area contributed by atoms with Gasteiger partial charge in [0.1, 0.15) is 17.6 Å². The zero-order valence-electron chi connectivity index (χ0n) is 17.1. The molecule has 0 radical (unpaired) electrons. The van der Waals surface area contributed by atoms with Gasteiger partial charge >= 0.3 is 0 Å². The van der Waals surface area contributed by atoms with Gasteiger partial charge in [-0.3, -0.25) is 9.69 Å². The Morgan fingerprint density at radius 1 is 1.10 bits per heavy atom. The van der Waals surface area contributed by atoms with Gasteiger partial charge in [-0.1, -0.05) is 24.3 Å². The van der Waals surface area contributed by atoms with Gasteiger partial charge in [0, 0.05) is 31.6 Å². The van der Waals surface area contributed by atoms with Crippen molar-refractivity contribution in [3.63, 3.8) is 0 Å². The van der Waals surface area contributed by atoms with Crippen molar-refractivity contribution in [3.05, 3.63) is 70.4 Å². The van der Waals surface area contributed by atoms with Crippen LogP contribution in [-0.4, -0.2) is 55.1 Å². The molecular formula is C24H24N2O3S. The van der Waals surface area contributed by atoms with E-state index in [0.717, 1.165) is 36.5 Å². The minimum absolute atomic E-state index is 0.0210. The fourth-order valence-corrected chi connectivity index (χ4v) is 5.10. The number of amides is 1. The summed E-state index contributed by atoms with van der Waals surface area (Å²) in [6, 6.07) is 18.1. The monoisotopic (exact) mass is 420 g/mol. The van der Waals surface area contributed by atoms with E-state index in [9.17, 15) is 4.79 Å². The predicted octanol–water partition coefficient (Wildman–Crippen LogP) is 4.14. The second-order valence-electron chi connectivity index (χ2n) is 7.86. The summed E-state index contributed by atoms with van der Waals surface area (Å²) in [5.41, 5.74) is 2.67. The summed E-state index contributed by atoms with van der Waals surface area (Å²) in [7, 11) is 3.55. The molecule has 1 fully saturated rings. The molecule has 1 amide bonds. The molecule has 5 rings (SSSR count). The first kappa shape index (κ1) is 19.2. The molecule has 3 heterocycles. The molecule has 5 nitrogen and oxygen atoms in total. The number of thiophene rings is 1. The van der Waals surface area contributed by atoms with Crippen molar-refractivity contribution in [1.82, 2.24) is 9.80 Å². The first-order valence-electron chi connectivity index (χ1n) is 10.1. The Kier molecular flexibility index (Phi) is 4.97. The third-order valence-electron chi connectivity index (χ3n) is 5.98. The van der Waals surface area contributed by atoms with Crippen LogP contribution in [0.1, 0.15) is 15.2 Å². The molecule has 0 N–H and O–H groups in total. The number of likely N-dealkylation sites (tertiary alicyclic amines) is 1. The number of carbonyl (C=O) groups is 1. The van der Waals surface area contributed by atoms with Gasteiger partial charge in [-0.25, -0.2) is 0 Å². The fraction of sp³-hybridized carbons (Fsp3) is 0.292. The summed E-state index contributed by atoms with van der Waals surface area (Å²) in [5, 5.41) is 2.10. The molecule has 1 aromatic heterocycles. The molecule has 6 heteroatoms. The summed E-state index contributed by atoms with van der Waals surface area (Å²) >= 11 is 1.77. The third kappa shape index (κ3) is 3.46. The van der Waals surface area contributed by atoms with Crippen LogP contribution in [0, 0.1) is 0 Å². The minimum atomic E-state index is -0.0410. The summed E-state index contributed by atoms with van der Waals surface area (Å²) in [5.74, 6) is 1.49. The maximum Gasteiger partial charge on any atom is 0.257 e. The number of methoxy groups -OCH3 is 1. The van der Waals surface area contributed by atoms with Gasteiger partial charge < -0.3 is 14.4 Å². The van der Waals surface area contributed by atoms with Crippen LogP contribution in [-0.2, 0) is 6.54 Å². The molecule has 30 heavy (non-hydrogen) atoms. The van der Waals surface area contributed by atoms with E-state index in [1.165, 1.54) is 4.88 Å². The van der Waals surface area contributed by atoms with Crippen LogP contribution in [0.4, 0.5) is 0 Å². The first-order valence-corrected chi connectivity index (χ1v) is 11.0. The van der Waals surface area contributed by atoms with Crippen LogP contribution in [0.5, 0.6) is 11.5 Å². The van der Waals surface area contributed by atoms with Crippen molar-refractivity contribution in [1.29, 1.82) is 0 Å². The smallest absolute Gasteiger partial charge is 0.257 e. The summed E-state index contributed by atoms with van der Waals surface area (Å²) in [6.45, 7) is 2.53. The van der Waals surface area contributed by atoms with Gasteiger partial charge in [0.25, 0.3) is 5.91 Å². The number of carbonyl (C=O) groups excluding carboxylic acids is 1. The zero-order chi connectivity index (χ0) is 20.7.